The quantitative estimate of drug-likeness (QED) is 0.240. The number of fused-ring (bicyclic) bond motifs is 8. The molecule has 0 amide bonds. The lowest BCUT2D eigenvalue weighted by Gasteiger charge is -2.31. The molecule has 2 atom stereocenters. The number of hydrogen-bond acceptors (Lipinski definition) is 3. The predicted octanol–water partition coefficient (Wildman–Crippen LogP) is 10.1. The molecule has 5 aromatic carbocycles. The smallest absolute Gasteiger partial charge is 0.124 e. The Kier molecular flexibility index (Phi) is 4.89. The fourth-order valence-electron chi connectivity index (χ4n) is 6.71. The third-order valence-electron chi connectivity index (χ3n) is 8.60. The van der Waals surface area contributed by atoms with Gasteiger partial charge in [0.15, 0.2) is 0 Å². The summed E-state index contributed by atoms with van der Waals surface area (Å²) in [5.41, 5.74) is 12.3. The zero-order chi connectivity index (χ0) is 26.9. The first kappa shape index (κ1) is 22.8. The number of aromatic nitrogens is 2. The number of hydrogen-bond donors (Lipinski definition) is 1. The Labute approximate surface area is 242 Å². The van der Waals surface area contributed by atoms with Gasteiger partial charge in [-0.05, 0) is 53.1 Å². The van der Waals surface area contributed by atoms with E-state index in [2.05, 4.69) is 137 Å². The fourth-order valence-corrected chi connectivity index (χ4v) is 7.66. The minimum absolute atomic E-state index is 0.188. The molecule has 41 heavy (non-hydrogen) atoms. The lowest BCUT2D eigenvalue weighted by Crippen LogP contribution is -2.24. The zero-order valence-electron chi connectivity index (χ0n) is 22.2. The summed E-state index contributed by atoms with van der Waals surface area (Å²) in [5, 5.41) is 2.35. The van der Waals surface area contributed by atoms with Gasteiger partial charge in [-0.3, -0.25) is 0 Å². The second kappa shape index (κ2) is 8.79. The van der Waals surface area contributed by atoms with Crippen LogP contribution in [0.5, 0.6) is 0 Å². The maximum Gasteiger partial charge on any atom is 0.124 e. The van der Waals surface area contributed by atoms with Gasteiger partial charge in [0.25, 0.3) is 0 Å². The van der Waals surface area contributed by atoms with Crippen molar-refractivity contribution in [1.29, 1.82) is 0 Å². The van der Waals surface area contributed by atoms with Crippen LogP contribution in [0.1, 0.15) is 28.8 Å². The van der Waals surface area contributed by atoms with Crippen LogP contribution in [0.4, 0.5) is 11.4 Å². The van der Waals surface area contributed by atoms with E-state index in [1.54, 1.807) is 11.3 Å². The average molecular weight is 544 g/mol. The van der Waals surface area contributed by atoms with E-state index in [-0.39, 0.29) is 6.04 Å². The molecule has 1 aliphatic heterocycles. The van der Waals surface area contributed by atoms with E-state index in [9.17, 15) is 0 Å². The van der Waals surface area contributed by atoms with Crippen molar-refractivity contribution in [2.24, 2.45) is 0 Å². The molecule has 7 aromatic rings. The number of H-pyrrole nitrogens is 1. The molecule has 2 aliphatic rings. The normalized spacial score (nSPS) is 17.1. The van der Waals surface area contributed by atoms with Crippen molar-refractivity contribution in [1.82, 2.24) is 9.97 Å². The SMILES string of the molecule is C1=CC2c3ccccc3N(c3ccc(-c4ccc5sc(-c6ccccc6)nc5c4)cc3)C2c2[nH]c3ccccc3c21. The van der Waals surface area contributed by atoms with Crippen LogP contribution in [-0.4, -0.2) is 9.97 Å². The van der Waals surface area contributed by atoms with Gasteiger partial charge in [-0.1, -0.05) is 97.1 Å². The summed E-state index contributed by atoms with van der Waals surface area (Å²) in [4.78, 5) is 11.3. The molecule has 0 radical (unpaired) electrons. The Morgan fingerprint density at radius 2 is 1.49 bits per heavy atom. The first-order chi connectivity index (χ1) is 20.3. The van der Waals surface area contributed by atoms with Crippen LogP contribution in [0, 0.1) is 0 Å². The molecule has 3 nitrogen and oxygen atoms in total. The molecule has 3 heterocycles. The molecule has 2 unspecified atom stereocenters. The fraction of sp³-hybridized carbons (Fsp3) is 0.0541. The molecule has 1 N–H and O–H groups in total. The molecule has 1 aliphatic carbocycles. The Morgan fingerprint density at radius 1 is 0.707 bits per heavy atom. The van der Waals surface area contributed by atoms with Crippen molar-refractivity contribution in [3.8, 4) is 21.7 Å². The summed E-state index contributed by atoms with van der Waals surface area (Å²) in [6, 6.07) is 43.8. The average Bonchev–Trinajstić information content (AvgIpc) is 3.73. The van der Waals surface area contributed by atoms with E-state index in [1.807, 2.05) is 6.07 Å². The number of anilines is 2. The van der Waals surface area contributed by atoms with Crippen molar-refractivity contribution in [2.75, 3.05) is 4.90 Å². The Balaban J connectivity index is 1.11. The summed E-state index contributed by atoms with van der Waals surface area (Å²) >= 11 is 1.75. The van der Waals surface area contributed by atoms with Crippen LogP contribution >= 0.6 is 11.3 Å². The van der Waals surface area contributed by atoms with E-state index in [0.717, 1.165) is 10.5 Å². The van der Waals surface area contributed by atoms with Gasteiger partial charge >= 0.3 is 0 Å². The van der Waals surface area contributed by atoms with Crippen LogP contribution in [0.15, 0.2) is 127 Å². The summed E-state index contributed by atoms with van der Waals surface area (Å²) < 4.78 is 1.21. The Hall–Kier alpha value is -4.93. The summed E-state index contributed by atoms with van der Waals surface area (Å²) in [5.74, 6) is 0.303. The molecule has 9 rings (SSSR count). The second-order valence-electron chi connectivity index (χ2n) is 10.9. The van der Waals surface area contributed by atoms with E-state index in [0.29, 0.717) is 5.92 Å². The summed E-state index contributed by atoms with van der Waals surface area (Å²) in [6.45, 7) is 0. The molecular formula is C37H25N3S. The van der Waals surface area contributed by atoms with Gasteiger partial charge in [0, 0.05) is 45.0 Å². The Bertz CT molecular complexity index is 2120. The van der Waals surface area contributed by atoms with Crippen LogP contribution in [-0.2, 0) is 0 Å². The Morgan fingerprint density at radius 3 is 2.39 bits per heavy atom. The highest BCUT2D eigenvalue weighted by Gasteiger charge is 2.42. The van der Waals surface area contributed by atoms with Gasteiger partial charge in [-0.2, -0.15) is 0 Å². The summed E-state index contributed by atoms with van der Waals surface area (Å²) in [6.07, 6.45) is 4.71. The molecule has 0 saturated heterocycles. The first-order valence-electron chi connectivity index (χ1n) is 14.1. The van der Waals surface area contributed by atoms with Crippen LogP contribution in [0.3, 0.4) is 0 Å². The van der Waals surface area contributed by atoms with Crippen molar-refractivity contribution >= 4 is 49.9 Å². The summed E-state index contributed by atoms with van der Waals surface area (Å²) in [7, 11) is 0. The molecule has 0 spiro atoms. The molecule has 0 fully saturated rings. The topological polar surface area (TPSA) is 31.9 Å². The lowest BCUT2D eigenvalue weighted by molar-refractivity contribution is 0.652. The highest BCUT2D eigenvalue weighted by atomic mass is 32.1. The van der Waals surface area contributed by atoms with Crippen LogP contribution in [0.2, 0.25) is 0 Å². The van der Waals surface area contributed by atoms with Gasteiger partial charge in [0.05, 0.1) is 16.3 Å². The van der Waals surface area contributed by atoms with Crippen molar-refractivity contribution in [3.05, 3.63) is 144 Å². The van der Waals surface area contributed by atoms with Gasteiger partial charge in [0.2, 0.25) is 0 Å². The van der Waals surface area contributed by atoms with E-state index in [1.165, 1.54) is 60.5 Å². The lowest BCUT2D eigenvalue weighted by atomic mass is 9.86. The van der Waals surface area contributed by atoms with Crippen molar-refractivity contribution in [2.45, 2.75) is 12.0 Å². The van der Waals surface area contributed by atoms with Crippen LogP contribution < -0.4 is 4.90 Å². The molecule has 194 valence electrons. The highest BCUT2D eigenvalue weighted by Crippen LogP contribution is 2.56. The van der Waals surface area contributed by atoms with Gasteiger partial charge in [-0.15, -0.1) is 11.3 Å². The van der Waals surface area contributed by atoms with E-state index >= 15 is 0 Å². The standard InChI is InChI=1S/C37H25N3S/c1-2-8-24(9-3-1)37-39-32-22-25(16-21-34(32)41-37)23-14-17-26(18-15-23)40-33-13-7-5-11-28(33)30-20-19-29-27-10-4-6-12-31(27)38-35(29)36(30)40/h1-22,30,36,38H. The number of aromatic amines is 1. The number of benzene rings is 5. The maximum atomic E-state index is 4.96. The largest absolute Gasteiger partial charge is 0.356 e. The van der Waals surface area contributed by atoms with Crippen molar-refractivity contribution < 1.29 is 0 Å². The second-order valence-corrected chi connectivity index (χ2v) is 11.9. The minimum Gasteiger partial charge on any atom is -0.356 e. The number of thiazole rings is 1. The van der Waals surface area contributed by atoms with Gasteiger partial charge in [-0.25, -0.2) is 4.98 Å². The van der Waals surface area contributed by atoms with Crippen LogP contribution in [0.25, 0.3) is 48.9 Å². The molecule has 0 bridgehead atoms. The number of rotatable bonds is 3. The number of nitrogens with one attached hydrogen (secondary N) is 1. The monoisotopic (exact) mass is 543 g/mol. The molecule has 4 heteroatoms. The first-order valence-corrected chi connectivity index (χ1v) is 14.9. The number of nitrogens with zero attached hydrogens (tertiary/aromatic N) is 2. The maximum absolute atomic E-state index is 4.96. The minimum atomic E-state index is 0.188. The highest BCUT2D eigenvalue weighted by molar-refractivity contribution is 7.21. The third-order valence-corrected chi connectivity index (χ3v) is 9.69. The third kappa shape index (κ3) is 3.47. The predicted molar refractivity (Wildman–Crippen MR) is 172 cm³/mol. The molecular weight excluding hydrogens is 518 g/mol. The van der Waals surface area contributed by atoms with Gasteiger partial charge < -0.3 is 9.88 Å². The van der Waals surface area contributed by atoms with Crippen molar-refractivity contribution in [3.63, 3.8) is 0 Å². The molecule has 0 saturated carbocycles. The number of para-hydroxylation sites is 2. The van der Waals surface area contributed by atoms with Gasteiger partial charge in [0.1, 0.15) is 5.01 Å². The van der Waals surface area contributed by atoms with E-state index < -0.39 is 0 Å². The molecule has 2 aromatic heterocycles. The van der Waals surface area contributed by atoms with E-state index in [4.69, 9.17) is 4.98 Å². The zero-order valence-corrected chi connectivity index (χ0v) is 23.0.